The monoisotopic (exact) mass is 310 g/mol. The van der Waals surface area contributed by atoms with E-state index in [1.165, 1.54) is 11.3 Å². The first-order chi connectivity index (χ1) is 9.67. The number of carbonyl (C=O) groups is 1. The van der Waals surface area contributed by atoms with Gasteiger partial charge in [0.1, 0.15) is 0 Å². The lowest BCUT2D eigenvalue weighted by atomic mass is 10.1. The lowest BCUT2D eigenvalue weighted by Crippen LogP contribution is -2.04. The van der Waals surface area contributed by atoms with Gasteiger partial charge in [0.2, 0.25) is 5.78 Å². The van der Waals surface area contributed by atoms with E-state index in [-0.39, 0.29) is 5.78 Å². The topological polar surface area (TPSA) is 35.5 Å². The average molecular weight is 311 g/mol. The van der Waals surface area contributed by atoms with E-state index in [9.17, 15) is 4.79 Å². The first kappa shape index (κ1) is 14.9. The molecule has 0 N–H and O–H groups in total. The van der Waals surface area contributed by atoms with Crippen molar-refractivity contribution in [1.82, 2.24) is 0 Å². The first-order valence-corrected chi connectivity index (χ1v) is 7.60. The molecule has 0 bridgehead atoms. The van der Waals surface area contributed by atoms with Gasteiger partial charge in [0, 0.05) is 11.6 Å². The van der Waals surface area contributed by atoms with Crippen molar-refractivity contribution >= 4 is 28.7 Å². The van der Waals surface area contributed by atoms with Crippen LogP contribution < -0.4 is 9.47 Å². The minimum Gasteiger partial charge on any atom is -0.490 e. The standard InChI is InChI=1S/C15H15ClO3S/c1-3-18-12-8-10(11(16)9-13(12)19-4-2)15(17)14-6-5-7-20-14/h5-9H,3-4H2,1-2H3. The van der Waals surface area contributed by atoms with E-state index >= 15 is 0 Å². The van der Waals surface area contributed by atoms with Crippen LogP contribution in [0, 0.1) is 0 Å². The van der Waals surface area contributed by atoms with E-state index in [1.807, 2.05) is 25.3 Å². The van der Waals surface area contributed by atoms with Crippen LogP contribution in [0.1, 0.15) is 29.1 Å². The number of halogens is 1. The van der Waals surface area contributed by atoms with Gasteiger partial charge in [-0.15, -0.1) is 11.3 Å². The van der Waals surface area contributed by atoms with Crippen molar-refractivity contribution in [2.45, 2.75) is 13.8 Å². The number of hydrogen-bond acceptors (Lipinski definition) is 4. The van der Waals surface area contributed by atoms with Gasteiger partial charge in [0.15, 0.2) is 11.5 Å². The summed E-state index contributed by atoms with van der Waals surface area (Å²) < 4.78 is 11.0. The zero-order valence-electron chi connectivity index (χ0n) is 11.3. The molecule has 20 heavy (non-hydrogen) atoms. The molecular weight excluding hydrogens is 296 g/mol. The minimum absolute atomic E-state index is 0.103. The molecule has 0 amide bonds. The molecule has 2 aromatic rings. The second kappa shape index (κ2) is 6.77. The molecule has 0 radical (unpaired) electrons. The van der Waals surface area contributed by atoms with E-state index in [1.54, 1.807) is 18.2 Å². The first-order valence-electron chi connectivity index (χ1n) is 6.34. The quantitative estimate of drug-likeness (QED) is 0.740. The Morgan fingerprint density at radius 2 is 1.85 bits per heavy atom. The van der Waals surface area contributed by atoms with Crippen LogP contribution in [-0.2, 0) is 0 Å². The number of rotatable bonds is 6. The summed E-state index contributed by atoms with van der Waals surface area (Å²) in [6, 6.07) is 6.90. The molecule has 0 aliphatic rings. The highest BCUT2D eigenvalue weighted by atomic mass is 35.5. The van der Waals surface area contributed by atoms with Crippen LogP contribution >= 0.6 is 22.9 Å². The van der Waals surface area contributed by atoms with E-state index in [0.717, 1.165) is 0 Å². The van der Waals surface area contributed by atoms with Gasteiger partial charge < -0.3 is 9.47 Å². The van der Waals surface area contributed by atoms with Gasteiger partial charge in [0.05, 0.1) is 23.1 Å². The van der Waals surface area contributed by atoms with Crippen LogP contribution in [0.3, 0.4) is 0 Å². The summed E-state index contributed by atoms with van der Waals surface area (Å²) in [5.41, 5.74) is 0.431. The molecule has 0 aliphatic heterocycles. The Morgan fingerprint density at radius 1 is 1.20 bits per heavy atom. The van der Waals surface area contributed by atoms with Gasteiger partial charge in [-0.2, -0.15) is 0 Å². The van der Waals surface area contributed by atoms with Crippen molar-refractivity contribution in [2.24, 2.45) is 0 Å². The van der Waals surface area contributed by atoms with Gasteiger partial charge in [-0.3, -0.25) is 4.79 Å². The molecular formula is C15H15ClO3S. The third-order valence-electron chi connectivity index (χ3n) is 2.62. The Labute approximate surface area is 127 Å². The van der Waals surface area contributed by atoms with E-state index in [2.05, 4.69) is 0 Å². The van der Waals surface area contributed by atoms with E-state index < -0.39 is 0 Å². The van der Waals surface area contributed by atoms with Crippen LogP contribution in [0.4, 0.5) is 0 Å². The molecule has 0 saturated carbocycles. The Hall–Kier alpha value is -1.52. The Morgan fingerprint density at radius 3 is 2.40 bits per heavy atom. The molecule has 0 aliphatic carbocycles. The number of benzene rings is 1. The summed E-state index contributed by atoms with van der Waals surface area (Å²) in [6.45, 7) is 4.77. The lowest BCUT2D eigenvalue weighted by Gasteiger charge is -2.13. The molecule has 106 valence electrons. The number of ketones is 1. The van der Waals surface area contributed by atoms with Crippen LogP contribution in [-0.4, -0.2) is 19.0 Å². The fourth-order valence-electron chi connectivity index (χ4n) is 1.79. The molecule has 0 fully saturated rings. The second-order valence-electron chi connectivity index (χ2n) is 3.95. The molecule has 2 rings (SSSR count). The van der Waals surface area contributed by atoms with Gasteiger partial charge in [-0.25, -0.2) is 0 Å². The Balaban J connectivity index is 2.43. The third kappa shape index (κ3) is 3.14. The highest BCUT2D eigenvalue weighted by Gasteiger charge is 2.18. The second-order valence-corrected chi connectivity index (χ2v) is 5.31. The fourth-order valence-corrected chi connectivity index (χ4v) is 2.70. The maximum Gasteiger partial charge on any atom is 0.204 e. The summed E-state index contributed by atoms with van der Waals surface area (Å²) >= 11 is 7.59. The van der Waals surface area contributed by atoms with Gasteiger partial charge in [-0.05, 0) is 31.4 Å². The highest BCUT2D eigenvalue weighted by Crippen LogP contribution is 2.35. The SMILES string of the molecule is CCOc1cc(Cl)c(C(=O)c2cccs2)cc1OCC. The zero-order valence-corrected chi connectivity index (χ0v) is 12.9. The molecule has 0 unspecified atom stereocenters. The van der Waals surface area contributed by atoms with Crippen LogP contribution in [0.2, 0.25) is 5.02 Å². The van der Waals surface area contributed by atoms with Gasteiger partial charge in [-0.1, -0.05) is 17.7 Å². The number of hydrogen-bond donors (Lipinski definition) is 0. The third-order valence-corrected chi connectivity index (χ3v) is 3.80. The Kier molecular flexibility index (Phi) is 5.04. The molecule has 0 saturated heterocycles. The molecule has 0 atom stereocenters. The van der Waals surface area contributed by atoms with Crippen molar-refractivity contribution in [1.29, 1.82) is 0 Å². The largest absolute Gasteiger partial charge is 0.490 e. The zero-order chi connectivity index (χ0) is 14.5. The molecule has 0 spiro atoms. The van der Waals surface area contributed by atoms with E-state index in [4.69, 9.17) is 21.1 Å². The minimum atomic E-state index is -0.103. The van der Waals surface area contributed by atoms with Crippen LogP contribution in [0.25, 0.3) is 0 Å². The summed E-state index contributed by atoms with van der Waals surface area (Å²) in [6.07, 6.45) is 0. The fraction of sp³-hybridized carbons (Fsp3) is 0.267. The Bertz CT molecular complexity index is 593. The summed E-state index contributed by atoms with van der Waals surface area (Å²) in [4.78, 5) is 13.0. The number of thiophene rings is 1. The highest BCUT2D eigenvalue weighted by molar-refractivity contribution is 7.12. The molecule has 5 heteroatoms. The maximum absolute atomic E-state index is 12.4. The molecule has 1 aromatic heterocycles. The van der Waals surface area contributed by atoms with Crippen molar-refractivity contribution in [3.8, 4) is 11.5 Å². The van der Waals surface area contributed by atoms with Gasteiger partial charge in [0.25, 0.3) is 0 Å². The summed E-state index contributed by atoms with van der Waals surface area (Å²) in [5.74, 6) is 0.995. The molecule has 1 aromatic carbocycles. The smallest absolute Gasteiger partial charge is 0.204 e. The van der Waals surface area contributed by atoms with Crippen molar-refractivity contribution in [3.05, 3.63) is 45.1 Å². The van der Waals surface area contributed by atoms with Crippen LogP contribution in [0.15, 0.2) is 29.6 Å². The normalized spacial score (nSPS) is 10.3. The molecule has 1 heterocycles. The van der Waals surface area contributed by atoms with Crippen molar-refractivity contribution in [3.63, 3.8) is 0 Å². The molecule has 3 nitrogen and oxygen atoms in total. The summed E-state index contributed by atoms with van der Waals surface area (Å²) in [7, 11) is 0. The predicted molar refractivity (Wildman–Crippen MR) is 81.5 cm³/mol. The summed E-state index contributed by atoms with van der Waals surface area (Å²) in [5, 5.41) is 2.23. The lowest BCUT2D eigenvalue weighted by molar-refractivity contribution is 0.104. The number of carbonyl (C=O) groups excluding carboxylic acids is 1. The van der Waals surface area contributed by atoms with Crippen LogP contribution in [0.5, 0.6) is 11.5 Å². The van der Waals surface area contributed by atoms with Gasteiger partial charge >= 0.3 is 0 Å². The predicted octanol–water partition coefficient (Wildman–Crippen LogP) is 4.43. The number of ether oxygens (including phenoxy) is 2. The van der Waals surface area contributed by atoms with E-state index in [0.29, 0.717) is 40.2 Å². The van der Waals surface area contributed by atoms with Crippen molar-refractivity contribution in [2.75, 3.05) is 13.2 Å². The maximum atomic E-state index is 12.4. The van der Waals surface area contributed by atoms with Crippen molar-refractivity contribution < 1.29 is 14.3 Å². The average Bonchev–Trinajstić information content (AvgIpc) is 2.95.